The molecule has 1 aromatic carbocycles. The van der Waals surface area contributed by atoms with Crippen LogP contribution < -0.4 is 5.32 Å². The largest absolute Gasteiger partial charge is 0.474 e. The van der Waals surface area contributed by atoms with Crippen LogP contribution in [0, 0.1) is 11.6 Å². The maximum atomic E-state index is 15.0. The molecule has 0 radical (unpaired) electrons. The summed E-state index contributed by atoms with van der Waals surface area (Å²) in [4.78, 5) is 14.3. The number of benzene rings is 1. The Labute approximate surface area is 200 Å². The average molecular weight is 494 g/mol. The molecule has 1 amide bonds. The maximum Gasteiger partial charge on any atom is 0.256 e. The van der Waals surface area contributed by atoms with Crippen LogP contribution in [0.3, 0.4) is 0 Å². The van der Waals surface area contributed by atoms with Crippen molar-refractivity contribution in [2.75, 3.05) is 26.8 Å². The molecular weight excluding hydrogens is 468 g/mol. The van der Waals surface area contributed by atoms with Crippen molar-refractivity contribution in [3.8, 4) is 5.69 Å². The summed E-state index contributed by atoms with van der Waals surface area (Å²) in [6, 6.07) is 2.41. The number of carbonyl (C=O) groups excluding carboxylic acids is 1. The van der Waals surface area contributed by atoms with Crippen LogP contribution in [0.4, 0.5) is 8.78 Å². The van der Waals surface area contributed by atoms with E-state index in [2.05, 4.69) is 15.6 Å². The van der Waals surface area contributed by atoms with Crippen molar-refractivity contribution < 1.29 is 27.8 Å². The third-order valence-electron chi connectivity index (χ3n) is 5.56. The van der Waals surface area contributed by atoms with E-state index < -0.39 is 23.5 Å². The van der Waals surface area contributed by atoms with Gasteiger partial charge >= 0.3 is 0 Å². The van der Waals surface area contributed by atoms with Crippen LogP contribution in [0.5, 0.6) is 0 Å². The van der Waals surface area contributed by atoms with Crippen molar-refractivity contribution in [1.29, 1.82) is 0 Å². The molecule has 1 aromatic heterocycles. The number of aromatic nitrogens is 3. The normalized spacial score (nSPS) is 19.6. The zero-order valence-electron chi connectivity index (χ0n) is 19.0. The van der Waals surface area contributed by atoms with E-state index in [0.29, 0.717) is 24.2 Å². The number of thiocarbonyl (C=S) groups is 1. The highest BCUT2D eigenvalue weighted by molar-refractivity contribution is 7.80. The smallest absolute Gasteiger partial charge is 0.256 e. The summed E-state index contributed by atoms with van der Waals surface area (Å²) < 4.78 is 47.1. The quantitative estimate of drug-likeness (QED) is 0.635. The Balaban J connectivity index is 1.45. The Hall–Kier alpha value is -2.96. The molecule has 0 saturated carbocycles. The molecular formula is C22H25F2N5O4S. The van der Waals surface area contributed by atoms with E-state index in [9.17, 15) is 13.6 Å². The number of ether oxygens (including phenoxy) is 3. The van der Waals surface area contributed by atoms with E-state index in [-0.39, 0.29) is 42.0 Å². The lowest BCUT2D eigenvalue weighted by molar-refractivity contribution is -0.159. The second kappa shape index (κ2) is 9.72. The molecule has 1 atom stereocenters. The molecule has 0 unspecified atom stereocenters. The first kappa shape index (κ1) is 24.2. The van der Waals surface area contributed by atoms with E-state index in [0.717, 1.165) is 0 Å². The summed E-state index contributed by atoms with van der Waals surface area (Å²) in [5, 5.41) is 10.9. The lowest BCUT2D eigenvalue weighted by Gasteiger charge is -2.29. The first-order valence-electron chi connectivity index (χ1n) is 10.7. The van der Waals surface area contributed by atoms with Gasteiger partial charge in [-0.1, -0.05) is 11.3 Å². The highest BCUT2D eigenvalue weighted by Gasteiger charge is 2.39. The minimum absolute atomic E-state index is 0.107. The van der Waals surface area contributed by atoms with Gasteiger partial charge < -0.3 is 24.4 Å². The molecule has 9 nitrogen and oxygen atoms in total. The fourth-order valence-corrected chi connectivity index (χ4v) is 3.92. The zero-order chi connectivity index (χ0) is 24.5. The molecule has 0 spiro atoms. The van der Waals surface area contributed by atoms with Crippen molar-refractivity contribution in [2.45, 2.75) is 38.7 Å². The third kappa shape index (κ3) is 5.24. The highest BCUT2D eigenvalue weighted by Crippen LogP contribution is 2.30. The van der Waals surface area contributed by atoms with Crippen LogP contribution in [-0.4, -0.2) is 69.7 Å². The van der Waals surface area contributed by atoms with Crippen LogP contribution in [-0.2, 0) is 25.5 Å². The van der Waals surface area contributed by atoms with E-state index >= 15 is 0 Å². The van der Waals surface area contributed by atoms with Gasteiger partial charge in [-0.05, 0) is 38.1 Å². The minimum atomic E-state index is -0.802. The summed E-state index contributed by atoms with van der Waals surface area (Å²) in [7, 11) is 1.44. The number of methoxy groups -OCH3 is 1. The second-order valence-electron chi connectivity index (χ2n) is 8.36. The predicted octanol–water partition coefficient (Wildman–Crippen LogP) is 2.33. The van der Waals surface area contributed by atoms with Crippen molar-refractivity contribution in [3.05, 3.63) is 47.3 Å². The number of rotatable bonds is 5. The average Bonchev–Trinajstić information content (AvgIpc) is 3.43. The van der Waals surface area contributed by atoms with Gasteiger partial charge in [0.2, 0.25) is 0 Å². The molecule has 1 saturated heterocycles. The van der Waals surface area contributed by atoms with Gasteiger partial charge in [0.15, 0.2) is 11.9 Å². The Morgan fingerprint density at radius 1 is 1.35 bits per heavy atom. The van der Waals surface area contributed by atoms with Crippen LogP contribution >= 0.6 is 12.2 Å². The lowest BCUT2D eigenvalue weighted by Crippen LogP contribution is -2.43. The standard InChI is InChI=1S/C22H25F2N5O4S/c1-22(2)32-12-18(33-22)20(30)28-6-4-13(5-7-28)19-16(23)8-15(9-17(19)24)29-11-14(26-27-29)10-25-21(34)31-3/h4,8-9,11,18H,5-7,10,12H2,1-3H3,(H,25,34)/t18-/m0/s1. The van der Waals surface area contributed by atoms with Crippen LogP contribution in [0.15, 0.2) is 24.4 Å². The minimum Gasteiger partial charge on any atom is -0.474 e. The second-order valence-corrected chi connectivity index (χ2v) is 8.74. The Bertz CT molecular complexity index is 1110. The molecule has 0 bridgehead atoms. The van der Waals surface area contributed by atoms with E-state index in [1.54, 1.807) is 31.0 Å². The number of nitrogens with zero attached hydrogens (tertiary/aromatic N) is 4. The SMILES string of the molecule is COC(=S)NCc1cn(-c2cc(F)c(C3=CCN(C(=O)[C@@H]4COC(C)(C)O4)CC3)c(F)c2)nn1. The van der Waals surface area contributed by atoms with Gasteiger partial charge in [0.05, 0.1) is 32.1 Å². The number of halogens is 2. The predicted molar refractivity (Wildman–Crippen MR) is 122 cm³/mol. The van der Waals surface area contributed by atoms with Crippen LogP contribution in [0.2, 0.25) is 0 Å². The Morgan fingerprint density at radius 2 is 2.09 bits per heavy atom. The molecule has 182 valence electrons. The zero-order valence-corrected chi connectivity index (χ0v) is 19.8. The topological polar surface area (TPSA) is 90.7 Å². The molecule has 4 rings (SSSR count). The Kier molecular flexibility index (Phi) is 6.91. The van der Waals surface area contributed by atoms with E-state index in [1.807, 2.05) is 0 Å². The molecule has 3 heterocycles. The summed E-state index contributed by atoms with van der Waals surface area (Å²) in [5.41, 5.74) is 1.11. The fraction of sp³-hybridized carbons (Fsp3) is 0.455. The number of hydrogen-bond acceptors (Lipinski definition) is 7. The molecule has 1 N–H and O–H groups in total. The summed E-state index contributed by atoms with van der Waals surface area (Å²) in [6.45, 7) is 4.50. The number of nitrogens with one attached hydrogen (secondary N) is 1. The van der Waals surface area contributed by atoms with E-state index in [4.69, 9.17) is 26.4 Å². The van der Waals surface area contributed by atoms with Gasteiger partial charge in [-0.15, -0.1) is 5.10 Å². The summed E-state index contributed by atoms with van der Waals surface area (Å²) >= 11 is 4.90. The third-order valence-corrected chi connectivity index (χ3v) is 5.87. The summed E-state index contributed by atoms with van der Waals surface area (Å²) in [5.74, 6) is -2.43. The number of amides is 1. The molecule has 2 aliphatic heterocycles. The van der Waals surface area contributed by atoms with Crippen LogP contribution in [0.1, 0.15) is 31.5 Å². The summed E-state index contributed by atoms with van der Waals surface area (Å²) in [6.07, 6.45) is 2.85. The maximum absolute atomic E-state index is 15.0. The highest BCUT2D eigenvalue weighted by atomic mass is 32.1. The van der Waals surface area contributed by atoms with Crippen molar-refractivity contribution in [1.82, 2.24) is 25.2 Å². The van der Waals surface area contributed by atoms with Gasteiger partial charge in [-0.2, -0.15) is 0 Å². The molecule has 0 aliphatic carbocycles. The lowest BCUT2D eigenvalue weighted by atomic mass is 9.97. The van der Waals surface area contributed by atoms with Crippen molar-refractivity contribution in [3.63, 3.8) is 0 Å². The van der Waals surface area contributed by atoms with Crippen LogP contribution in [0.25, 0.3) is 11.3 Å². The molecule has 34 heavy (non-hydrogen) atoms. The molecule has 2 aliphatic rings. The van der Waals surface area contributed by atoms with Gasteiger partial charge in [0, 0.05) is 30.8 Å². The van der Waals surface area contributed by atoms with Gasteiger partial charge in [-0.25, -0.2) is 13.5 Å². The number of hydrogen-bond donors (Lipinski definition) is 1. The van der Waals surface area contributed by atoms with Gasteiger partial charge in [0.25, 0.3) is 11.1 Å². The Morgan fingerprint density at radius 3 is 2.68 bits per heavy atom. The van der Waals surface area contributed by atoms with Gasteiger partial charge in [0.1, 0.15) is 17.3 Å². The first-order chi connectivity index (χ1) is 16.2. The monoisotopic (exact) mass is 493 g/mol. The molecule has 12 heteroatoms. The fourth-order valence-electron chi connectivity index (χ4n) is 3.85. The van der Waals surface area contributed by atoms with Crippen molar-refractivity contribution in [2.24, 2.45) is 0 Å². The van der Waals surface area contributed by atoms with Crippen molar-refractivity contribution >= 4 is 28.9 Å². The molecule has 2 aromatic rings. The first-order valence-corrected chi connectivity index (χ1v) is 11.1. The van der Waals surface area contributed by atoms with E-state index in [1.165, 1.54) is 23.9 Å². The molecule has 1 fully saturated rings. The number of carbonyl (C=O) groups is 1. The van der Waals surface area contributed by atoms with Gasteiger partial charge in [-0.3, -0.25) is 4.79 Å².